The molecule has 0 bridgehead atoms. The number of ketones is 1. The molecule has 0 fully saturated rings. The first-order valence-electron chi connectivity index (χ1n) is 6.11. The van der Waals surface area contributed by atoms with Crippen LogP contribution in [0.2, 0.25) is 0 Å². The van der Waals surface area contributed by atoms with Crippen LogP contribution in [0.15, 0.2) is 11.8 Å². The summed E-state index contributed by atoms with van der Waals surface area (Å²) in [6.07, 6.45) is 1.76. The predicted molar refractivity (Wildman–Crippen MR) is 64.4 cm³/mol. The SMILES string of the molecule is CCOC(=O)C1(O)CC(C(C)C)C=C(C(C)=O)O1. The van der Waals surface area contributed by atoms with Gasteiger partial charge in [-0.1, -0.05) is 13.8 Å². The van der Waals surface area contributed by atoms with Crippen LogP contribution in [0.1, 0.15) is 34.1 Å². The minimum Gasteiger partial charge on any atom is -0.461 e. The number of esters is 1. The van der Waals surface area contributed by atoms with Crippen LogP contribution in [0, 0.1) is 11.8 Å². The van der Waals surface area contributed by atoms with Crippen molar-refractivity contribution in [3.8, 4) is 0 Å². The minimum absolute atomic E-state index is 0.0236. The molecule has 1 aliphatic heterocycles. The van der Waals surface area contributed by atoms with Crippen LogP contribution in [-0.2, 0) is 19.1 Å². The van der Waals surface area contributed by atoms with Crippen molar-refractivity contribution in [3.63, 3.8) is 0 Å². The summed E-state index contributed by atoms with van der Waals surface area (Å²) >= 11 is 0. The summed E-state index contributed by atoms with van der Waals surface area (Å²) in [5, 5.41) is 10.2. The maximum Gasteiger partial charge on any atom is 0.379 e. The Morgan fingerprint density at radius 2 is 2.22 bits per heavy atom. The van der Waals surface area contributed by atoms with Crippen LogP contribution in [0.3, 0.4) is 0 Å². The van der Waals surface area contributed by atoms with Crippen molar-refractivity contribution in [2.45, 2.75) is 39.9 Å². The molecule has 0 aromatic heterocycles. The zero-order chi connectivity index (χ0) is 13.9. The highest BCUT2D eigenvalue weighted by molar-refractivity contribution is 5.92. The third kappa shape index (κ3) is 3.10. The topological polar surface area (TPSA) is 72.8 Å². The van der Waals surface area contributed by atoms with Crippen molar-refractivity contribution in [3.05, 3.63) is 11.8 Å². The monoisotopic (exact) mass is 256 g/mol. The number of hydrogen-bond donors (Lipinski definition) is 1. The van der Waals surface area contributed by atoms with Crippen LogP contribution < -0.4 is 0 Å². The van der Waals surface area contributed by atoms with E-state index in [1.807, 2.05) is 13.8 Å². The van der Waals surface area contributed by atoms with E-state index >= 15 is 0 Å². The van der Waals surface area contributed by atoms with E-state index in [1.54, 1.807) is 13.0 Å². The zero-order valence-corrected chi connectivity index (χ0v) is 11.2. The molecule has 1 heterocycles. The Kier molecular flexibility index (Phi) is 4.51. The molecule has 1 N–H and O–H groups in total. The Hall–Kier alpha value is -1.36. The van der Waals surface area contributed by atoms with E-state index in [0.29, 0.717) is 0 Å². The quantitative estimate of drug-likeness (QED) is 0.770. The van der Waals surface area contributed by atoms with Gasteiger partial charge < -0.3 is 14.6 Å². The summed E-state index contributed by atoms with van der Waals surface area (Å²) in [5.41, 5.74) is 0. The fraction of sp³-hybridized carbons (Fsp3) is 0.692. The molecule has 0 aliphatic carbocycles. The molecule has 5 heteroatoms. The highest BCUT2D eigenvalue weighted by atomic mass is 16.7. The molecule has 1 rings (SSSR count). The van der Waals surface area contributed by atoms with Crippen molar-refractivity contribution in [2.75, 3.05) is 6.61 Å². The number of aliphatic hydroxyl groups is 1. The molecule has 0 aromatic carbocycles. The van der Waals surface area contributed by atoms with Gasteiger partial charge in [0.05, 0.1) is 6.61 Å². The second-order valence-electron chi connectivity index (χ2n) is 4.81. The number of allylic oxidation sites excluding steroid dienone is 2. The van der Waals surface area contributed by atoms with E-state index in [1.165, 1.54) is 6.92 Å². The van der Waals surface area contributed by atoms with Gasteiger partial charge in [0, 0.05) is 13.3 Å². The smallest absolute Gasteiger partial charge is 0.379 e. The van der Waals surface area contributed by atoms with E-state index in [4.69, 9.17) is 9.47 Å². The first kappa shape index (κ1) is 14.7. The fourth-order valence-corrected chi connectivity index (χ4v) is 1.82. The van der Waals surface area contributed by atoms with E-state index in [-0.39, 0.29) is 36.4 Å². The fourth-order valence-electron chi connectivity index (χ4n) is 1.82. The largest absolute Gasteiger partial charge is 0.461 e. The summed E-state index contributed by atoms with van der Waals surface area (Å²) in [6, 6.07) is 0. The van der Waals surface area contributed by atoms with Crippen molar-refractivity contribution in [1.82, 2.24) is 0 Å². The van der Waals surface area contributed by atoms with Gasteiger partial charge in [0.2, 0.25) is 0 Å². The molecule has 18 heavy (non-hydrogen) atoms. The third-order valence-electron chi connectivity index (χ3n) is 2.95. The molecule has 0 spiro atoms. The van der Waals surface area contributed by atoms with Crippen LogP contribution >= 0.6 is 0 Å². The Balaban J connectivity index is 3.01. The molecular formula is C13H20O5. The Bertz CT molecular complexity index is 372. The lowest BCUT2D eigenvalue weighted by molar-refractivity contribution is -0.225. The lowest BCUT2D eigenvalue weighted by atomic mass is 9.86. The number of carbonyl (C=O) groups excluding carboxylic acids is 2. The van der Waals surface area contributed by atoms with E-state index in [9.17, 15) is 14.7 Å². The van der Waals surface area contributed by atoms with E-state index in [2.05, 4.69) is 0 Å². The molecule has 0 aromatic rings. The summed E-state index contributed by atoms with van der Waals surface area (Å²) in [6.45, 7) is 7.04. The molecule has 0 amide bonds. The number of Topliss-reactive ketones (excluding diaryl/α,β-unsaturated/α-hetero) is 1. The average molecular weight is 256 g/mol. The van der Waals surface area contributed by atoms with Gasteiger partial charge in [0.15, 0.2) is 11.5 Å². The van der Waals surface area contributed by atoms with Crippen molar-refractivity contribution in [1.29, 1.82) is 0 Å². The zero-order valence-electron chi connectivity index (χ0n) is 11.2. The highest BCUT2D eigenvalue weighted by Crippen LogP contribution is 2.34. The molecule has 0 saturated carbocycles. The van der Waals surface area contributed by atoms with Gasteiger partial charge in [-0.3, -0.25) is 4.79 Å². The second kappa shape index (κ2) is 5.52. The van der Waals surface area contributed by atoms with Gasteiger partial charge >= 0.3 is 11.8 Å². The number of hydrogen-bond acceptors (Lipinski definition) is 5. The molecule has 2 unspecified atom stereocenters. The van der Waals surface area contributed by atoms with Crippen molar-refractivity contribution < 1.29 is 24.2 Å². The maximum atomic E-state index is 11.7. The molecule has 102 valence electrons. The van der Waals surface area contributed by atoms with E-state index in [0.717, 1.165) is 0 Å². The van der Waals surface area contributed by atoms with Crippen LogP contribution in [-0.4, -0.2) is 29.3 Å². The standard InChI is InChI=1S/C13H20O5/c1-5-17-12(15)13(16)7-10(8(2)3)6-11(18-13)9(4)14/h6,8,10,16H,5,7H2,1-4H3. The van der Waals surface area contributed by atoms with Gasteiger partial charge in [-0.05, 0) is 24.8 Å². The van der Waals surface area contributed by atoms with Gasteiger partial charge in [0.25, 0.3) is 0 Å². The molecule has 1 aliphatic rings. The van der Waals surface area contributed by atoms with Crippen molar-refractivity contribution in [2.24, 2.45) is 11.8 Å². The van der Waals surface area contributed by atoms with Crippen molar-refractivity contribution >= 4 is 11.8 Å². The lowest BCUT2D eigenvalue weighted by Crippen LogP contribution is -2.47. The lowest BCUT2D eigenvalue weighted by Gasteiger charge is -2.35. The first-order chi connectivity index (χ1) is 8.30. The summed E-state index contributed by atoms with van der Waals surface area (Å²) in [7, 11) is 0. The Labute approximate surface area is 107 Å². The van der Waals surface area contributed by atoms with Gasteiger partial charge in [0.1, 0.15) is 0 Å². The van der Waals surface area contributed by atoms with Gasteiger partial charge in [-0.15, -0.1) is 0 Å². The average Bonchev–Trinajstić information content (AvgIpc) is 2.28. The molecular weight excluding hydrogens is 236 g/mol. The predicted octanol–water partition coefficient (Wildman–Crippen LogP) is 1.40. The number of rotatable bonds is 4. The van der Waals surface area contributed by atoms with Crippen LogP contribution in [0.5, 0.6) is 0 Å². The summed E-state index contributed by atoms with van der Waals surface area (Å²) in [4.78, 5) is 23.1. The Morgan fingerprint density at radius 1 is 1.61 bits per heavy atom. The molecule has 0 saturated heterocycles. The number of ether oxygens (including phenoxy) is 2. The van der Waals surface area contributed by atoms with Gasteiger partial charge in [-0.2, -0.15) is 0 Å². The number of carbonyl (C=O) groups is 2. The van der Waals surface area contributed by atoms with Crippen LogP contribution in [0.4, 0.5) is 0 Å². The third-order valence-corrected chi connectivity index (χ3v) is 2.95. The first-order valence-corrected chi connectivity index (χ1v) is 6.11. The summed E-state index contributed by atoms with van der Waals surface area (Å²) < 4.78 is 9.91. The molecule has 2 atom stereocenters. The molecule has 0 radical (unpaired) electrons. The summed E-state index contributed by atoms with van der Waals surface area (Å²) in [5.74, 6) is -3.11. The van der Waals surface area contributed by atoms with E-state index < -0.39 is 11.8 Å². The molecule has 5 nitrogen and oxygen atoms in total. The van der Waals surface area contributed by atoms with Crippen LogP contribution in [0.25, 0.3) is 0 Å². The Morgan fingerprint density at radius 3 is 2.67 bits per heavy atom. The minimum atomic E-state index is -2.05. The normalized spacial score (nSPS) is 27.4. The highest BCUT2D eigenvalue weighted by Gasteiger charge is 2.46. The second-order valence-corrected chi connectivity index (χ2v) is 4.81. The van der Waals surface area contributed by atoms with Gasteiger partial charge in [-0.25, -0.2) is 4.79 Å². The maximum absolute atomic E-state index is 11.7.